The molecular weight excluding hydrogens is 330 g/mol. The fraction of sp³-hybridized carbons (Fsp3) is 0.400. The maximum absolute atomic E-state index is 12.3. The summed E-state index contributed by atoms with van der Waals surface area (Å²) in [5.41, 5.74) is 2.48. The van der Waals surface area contributed by atoms with Crippen LogP contribution in [-0.4, -0.2) is 42.9 Å². The number of furan rings is 1. The van der Waals surface area contributed by atoms with Crippen molar-refractivity contribution in [3.05, 3.63) is 59.0 Å². The highest BCUT2D eigenvalue weighted by Crippen LogP contribution is 2.16. The summed E-state index contributed by atoms with van der Waals surface area (Å²) >= 11 is 0. The zero-order valence-electron chi connectivity index (χ0n) is 15.2. The van der Waals surface area contributed by atoms with Crippen molar-refractivity contribution in [3.8, 4) is 0 Å². The number of hydrogen-bond donors (Lipinski definition) is 2. The molecule has 138 valence electrons. The largest absolute Gasteiger partial charge is 0.469 e. The fourth-order valence-electron chi connectivity index (χ4n) is 3.28. The van der Waals surface area contributed by atoms with Gasteiger partial charge in [0.15, 0.2) is 0 Å². The highest BCUT2D eigenvalue weighted by Gasteiger charge is 2.22. The second-order valence-corrected chi connectivity index (χ2v) is 6.69. The minimum atomic E-state index is -0.0686. The molecule has 1 fully saturated rings. The molecule has 0 unspecified atom stereocenters. The standard InChI is InChI=1S/C20H25N3O3/c1-14-18(9-12-26-14)20(25)22-17-7-10-23(11-8-17)13-15-3-5-16(6-4-15)19(24)21-2/h3-6,9,12,17H,7-8,10-11,13H2,1-2H3,(H,21,24)(H,22,25). The molecule has 2 aromatic rings. The highest BCUT2D eigenvalue weighted by molar-refractivity contribution is 5.95. The first-order chi connectivity index (χ1) is 12.6. The fourth-order valence-corrected chi connectivity index (χ4v) is 3.28. The Balaban J connectivity index is 1.47. The molecule has 6 heteroatoms. The van der Waals surface area contributed by atoms with Crippen LogP contribution in [0.3, 0.4) is 0 Å². The second kappa shape index (κ2) is 8.19. The average Bonchev–Trinajstić information content (AvgIpc) is 3.09. The summed E-state index contributed by atoms with van der Waals surface area (Å²) in [7, 11) is 1.63. The molecule has 1 aromatic carbocycles. The maximum atomic E-state index is 12.3. The van der Waals surface area contributed by atoms with E-state index in [2.05, 4.69) is 15.5 Å². The van der Waals surface area contributed by atoms with Gasteiger partial charge in [-0.05, 0) is 43.5 Å². The first kappa shape index (κ1) is 18.2. The Bertz CT molecular complexity index is 759. The van der Waals surface area contributed by atoms with Gasteiger partial charge in [-0.2, -0.15) is 0 Å². The van der Waals surface area contributed by atoms with Crippen LogP contribution in [-0.2, 0) is 6.54 Å². The number of nitrogens with zero attached hydrogens (tertiary/aromatic N) is 1. The number of piperidine rings is 1. The number of carbonyl (C=O) groups excluding carboxylic acids is 2. The topological polar surface area (TPSA) is 74.6 Å². The van der Waals surface area contributed by atoms with Gasteiger partial charge in [0.05, 0.1) is 11.8 Å². The lowest BCUT2D eigenvalue weighted by Crippen LogP contribution is -2.44. The van der Waals surface area contributed by atoms with E-state index < -0.39 is 0 Å². The minimum absolute atomic E-state index is 0.0560. The summed E-state index contributed by atoms with van der Waals surface area (Å²) in [5, 5.41) is 5.73. The summed E-state index contributed by atoms with van der Waals surface area (Å²) in [4.78, 5) is 26.2. The van der Waals surface area contributed by atoms with Gasteiger partial charge >= 0.3 is 0 Å². The lowest BCUT2D eigenvalue weighted by molar-refractivity contribution is 0.0906. The molecule has 1 saturated heterocycles. The van der Waals surface area contributed by atoms with Crippen molar-refractivity contribution in [1.29, 1.82) is 0 Å². The van der Waals surface area contributed by atoms with Crippen molar-refractivity contribution in [2.24, 2.45) is 0 Å². The van der Waals surface area contributed by atoms with E-state index in [1.165, 1.54) is 5.56 Å². The third kappa shape index (κ3) is 4.32. The molecule has 0 aliphatic carbocycles. The van der Waals surface area contributed by atoms with Crippen LogP contribution >= 0.6 is 0 Å². The molecule has 0 spiro atoms. The van der Waals surface area contributed by atoms with E-state index in [1.54, 1.807) is 26.3 Å². The molecule has 0 saturated carbocycles. The van der Waals surface area contributed by atoms with Gasteiger partial charge in [0.2, 0.25) is 0 Å². The summed E-state index contributed by atoms with van der Waals surface area (Å²) < 4.78 is 5.19. The van der Waals surface area contributed by atoms with Crippen molar-refractivity contribution in [2.45, 2.75) is 32.4 Å². The van der Waals surface area contributed by atoms with Crippen molar-refractivity contribution in [3.63, 3.8) is 0 Å². The molecule has 2 heterocycles. The number of benzene rings is 1. The van der Waals surface area contributed by atoms with E-state index >= 15 is 0 Å². The van der Waals surface area contributed by atoms with Crippen LogP contribution in [0.25, 0.3) is 0 Å². The molecule has 0 radical (unpaired) electrons. The Morgan fingerprint density at radius 2 is 1.81 bits per heavy atom. The Labute approximate surface area is 153 Å². The highest BCUT2D eigenvalue weighted by atomic mass is 16.3. The van der Waals surface area contributed by atoms with Gasteiger partial charge < -0.3 is 15.1 Å². The normalized spacial score (nSPS) is 15.6. The molecule has 2 amide bonds. The zero-order valence-corrected chi connectivity index (χ0v) is 15.2. The van der Waals surface area contributed by atoms with Crippen LogP contribution < -0.4 is 10.6 Å². The summed E-state index contributed by atoms with van der Waals surface area (Å²) in [5.74, 6) is 0.528. The van der Waals surface area contributed by atoms with Crippen LogP contribution in [0, 0.1) is 6.92 Å². The first-order valence-electron chi connectivity index (χ1n) is 8.95. The van der Waals surface area contributed by atoms with Gasteiger partial charge in [-0.25, -0.2) is 0 Å². The van der Waals surface area contributed by atoms with Crippen molar-refractivity contribution in [2.75, 3.05) is 20.1 Å². The number of amides is 2. The third-order valence-corrected chi connectivity index (χ3v) is 4.88. The average molecular weight is 355 g/mol. The van der Waals surface area contributed by atoms with E-state index in [4.69, 9.17) is 4.42 Å². The zero-order chi connectivity index (χ0) is 18.5. The Kier molecular flexibility index (Phi) is 5.73. The van der Waals surface area contributed by atoms with Crippen LogP contribution in [0.15, 0.2) is 41.0 Å². The van der Waals surface area contributed by atoms with E-state index in [0.717, 1.165) is 32.5 Å². The van der Waals surface area contributed by atoms with Crippen LogP contribution in [0.1, 0.15) is 44.9 Å². The minimum Gasteiger partial charge on any atom is -0.469 e. The van der Waals surface area contributed by atoms with E-state index in [-0.39, 0.29) is 17.9 Å². The third-order valence-electron chi connectivity index (χ3n) is 4.88. The number of nitrogens with one attached hydrogen (secondary N) is 2. The van der Waals surface area contributed by atoms with E-state index in [0.29, 0.717) is 16.9 Å². The lowest BCUT2D eigenvalue weighted by atomic mass is 10.0. The predicted octanol–water partition coefficient (Wildman–Crippen LogP) is 2.34. The number of hydrogen-bond acceptors (Lipinski definition) is 4. The maximum Gasteiger partial charge on any atom is 0.255 e. The molecule has 1 aliphatic rings. The van der Waals surface area contributed by atoms with Gasteiger partial charge in [0.25, 0.3) is 11.8 Å². The summed E-state index contributed by atoms with van der Waals surface area (Å²) in [6.07, 6.45) is 3.40. The van der Waals surface area contributed by atoms with E-state index in [9.17, 15) is 9.59 Å². The van der Waals surface area contributed by atoms with Crippen LogP contribution in [0.4, 0.5) is 0 Å². The van der Waals surface area contributed by atoms with Crippen molar-refractivity contribution in [1.82, 2.24) is 15.5 Å². The van der Waals surface area contributed by atoms with Gasteiger partial charge in [0, 0.05) is 38.3 Å². The Morgan fingerprint density at radius 3 is 2.38 bits per heavy atom. The Hall–Kier alpha value is -2.60. The molecule has 2 N–H and O–H groups in total. The predicted molar refractivity (Wildman–Crippen MR) is 99.0 cm³/mol. The van der Waals surface area contributed by atoms with Gasteiger partial charge in [-0.3, -0.25) is 14.5 Å². The quantitative estimate of drug-likeness (QED) is 0.863. The summed E-state index contributed by atoms with van der Waals surface area (Å²) in [6.45, 7) is 4.53. The van der Waals surface area contributed by atoms with E-state index in [1.807, 2.05) is 24.3 Å². The molecule has 1 aromatic heterocycles. The van der Waals surface area contributed by atoms with Gasteiger partial charge in [0.1, 0.15) is 5.76 Å². The lowest BCUT2D eigenvalue weighted by Gasteiger charge is -2.32. The molecule has 1 aliphatic heterocycles. The number of likely N-dealkylation sites (tertiary alicyclic amines) is 1. The SMILES string of the molecule is CNC(=O)c1ccc(CN2CCC(NC(=O)c3ccoc3C)CC2)cc1. The summed E-state index contributed by atoms with van der Waals surface area (Å²) in [6, 6.07) is 9.62. The molecule has 3 rings (SSSR count). The van der Waals surface area contributed by atoms with Gasteiger partial charge in [-0.1, -0.05) is 12.1 Å². The molecule has 6 nitrogen and oxygen atoms in total. The van der Waals surface area contributed by atoms with Crippen LogP contribution in [0.5, 0.6) is 0 Å². The number of rotatable bonds is 5. The number of carbonyl (C=O) groups is 2. The van der Waals surface area contributed by atoms with Crippen molar-refractivity contribution < 1.29 is 14.0 Å². The first-order valence-corrected chi connectivity index (χ1v) is 8.95. The van der Waals surface area contributed by atoms with Gasteiger partial charge in [-0.15, -0.1) is 0 Å². The smallest absolute Gasteiger partial charge is 0.255 e. The van der Waals surface area contributed by atoms with Crippen molar-refractivity contribution >= 4 is 11.8 Å². The second-order valence-electron chi connectivity index (χ2n) is 6.69. The monoisotopic (exact) mass is 355 g/mol. The van der Waals surface area contributed by atoms with Crippen LogP contribution in [0.2, 0.25) is 0 Å². The molecule has 26 heavy (non-hydrogen) atoms. The number of aryl methyl sites for hydroxylation is 1. The Morgan fingerprint density at radius 1 is 1.12 bits per heavy atom. The molecule has 0 atom stereocenters. The molecule has 0 bridgehead atoms. The molecular formula is C20H25N3O3.